The van der Waals surface area contributed by atoms with E-state index in [2.05, 4.69) is 161 Å². The molecular formula is C45H27N5S2. The van der Waals surface area contributed by atoms with Gasteiger partial charge in [0.1, 0.15) is 16.7 Å². The van der Waals surface area contributed by atoms with Gasteiger partial charge in [-0.2, -0.15) is 0 Å². The standard InChI is InChI=1S/C45H27N5S2/c1-3-13-29(14-4-1)49-37-20-10-8-18-35(37)46-43(49)32-24-25-33(44-47-36-19-9-11-21-38(36)50(44)30-15-5-2-6-16-30)42-41(32)48-45(52-42)28-23-26-40-34(27-28)31-17-7-12-22-39(31)51-40/h1-27H. The Morgan fingerprint density at radius 1 is 0.423 bits per heavy atom. The van der Waals surface area contributed by atoms with Crippen LogP contribution in [0.15, 0.2) is 164 Å². The summed E-state index contributed by atoms with van der Waals surface area (Å²) < 4.78 is 8.17. The van der Waals surface area contributed by atoms with Crippen molar-refractivity contribution in [3.63, 3.8) is 0 Å². The second-order valence-corrected chi connectivity index (χ2v) is 14.9. The highest BCUT2D eigenvalue weighted by Gasteiger charge is 2.24. The van der Waals surface area contributed by atoms with E-state index >= 15 is 0 Å². The van der Waals surface area contributed by atoms with Crippen molar-refractivity contribution < 1.29 is 0 Å². The molecule has 5 nitrogen and oxygen atoms in total. The molecule has 52 heavy (non-hydrogen) atoms. The number of aromatic nitrogens is 5. The molecule has 7 aromatic carbocycles. The van der Waals surface area contributed by atoms with Gasteiger partial charge in [-0.1, -0.05) is 84.9 Å². The highest BCUT2D eigenvalue weighted by molar-refractivity contribution is 7.26. The van der Waals surface area contributed by atoms with Crippen LogP contribution in [-0.4, -0.2) is 24.1 Å². The Morgan fingerprint density at radius 2 is 0.981 bits per heavy atom. The summed E-state index contributed by atoms with van der Waals surface area (Å²) >= 11 is 3.56. The van der Waals surface area contributed by atoms with Gasteiger partial charge < -0.3 is 0 Å². The number of hydrogen-bond donors (Lipinski definition) is 0. The Kier molecular flexibility index (Phi) is 6.52. The molecule has 4 aromatic heterocycles. The Labute approximate surface area is 306 Å². The van der Waals surface area contributed by atoms with Gasteiger partial charge in [0.15, 0.2) is 0 Å². The molecule has 11 rings (SSSR count). The zero-order chi connectivity index (χ0) is 34.2. The van der Waals surface area contributed by atoms with E-state index < -0.39 is 0 Å². The van der Waals surface area contributed by atoms with Crippen LogP contribution in [0.2, 0.25) is 0 Å². The second kappa shape index (κ2) is 11.6. The molecule has 0 aliphatic carbocycles. The average Bonchev–Trinajstić information content (AvgIpc) is 3.99. The van der Waals surface area contributed by atoms with Crippen molar-refractivity contribution >= 4 is 75.1 Å². The van der Waals surface area contributed by atoms with Crippen LogP contribution in [0.4, 0.5) is 0 Å². The lowest BCUT2D eigenvalue weighted by molar-refractivity contribution is 1.10. The minimum absolute atomic E-state index is 0.858. The van der Waals surface area contributed by atoms with Crippen molar-refractivity contribution in [2.45, 2.75) is 0 Å². The molecule has 4 heterocycles. The molecule has 244 valence electrons. The molecule has 0 bridgehead atoms. The molecule has 0 amide bonds. The minimum Gasteiger partial charge on any atom is -0.292 e. The molecular weight excluding hydrogens is 675 g/mol. The van der Waals surface area contributed by atoms with Gasteiger partial charge in [0.25, 0.3) is 0 Å². The van der Waals surface area contributed by atoms with Crippen LogP contribution in [0.25, 0.3) is 97.2 Å². The fourth-order valence-corrected chi connectivity index (χ4v) is 9.62. The first kappa shape index (κ1) is 29.3. The monoisotopic (exact) mass is 701 g/mol. The van der Waals surface area contributed by atoms with E-state index in [1.807, 2.05) is 23.5 Å². The first-order chi connectivity index (χ1) is 25.8. The molecule has 0 aliphatic heterocycles. The summed E-state index contributed by atoms with van der Waals surface area (Å²) in [5, 5.41) is 3.50. The fourth-order valence-electron chi connectivity index (χ4n) is 7.44. The zero-order valence-corrected chi connectivity index (χ0v) is 29.3. The summed E-state index contributed by atoms with van der Waals surface area (Å²) in [6.45, 7) is 0. The molecule has 11 aromatic rings. The van der Waals surface area contributed by atoms with E-state index in [0.29, 0.717) is 0 Å². The lowest BCUT2D eigenvalue weighted by Gasteiger charge is -2.13. The van der Waals surface area contributed by atoms with E-state index in [1.165, 1.54) is 20.2 Å². The normalized spacial score (nSPS) is 11.8. The van der Waals surface area contributed by atoms with Crippen LogP contribution < -0.4 is 0 Å². The lowest BCUT2D eigenvalue weighted by atomic mass is 10.1. The van der Waals surface area contributed by atoms with Gasteiger partial charge in [0.05, 0.1) is 32.3 Å². The maximum Gasteiger partial charge on any atom is 0.147 e. The maximum absolute atomic E-state index is 5.51. The highest BCUT2D eigenvalue weighted by Crippen LogP contribution is 2.44. The molecule has 7 heteroatoms. The number of imidazole rings is 2. The number of fused-ring (bicyclic) bond motifs is 6. The first-order valence-electron chi connectivity index (χ1n) is 17.2. The van der Waals surface area contributed by atoms with E-state index in [0.717, 1.165) is 77.0 Å². The van der Waals surface area contributed by atoms with Crippen molar-refractivity contribution in [1.82, 2.24) is 24.1 Å². The summed E-state index contributed by atoms with van der Waals surface area (Å²) in [7, 11) is 0. The van der Waals surface area contributed by atoms with Gasteiger partial charge in [-0.3, -0.25) is 9.13 Å². The molecule has 0 saturated heterocycles. The maximum atomic E-state index is 5.51. The van der Waals surface area contributed by atoms with Crippen molar-refractivity contribution in [1.29, 1.82) is 0 Å². The number of nitrogens with zero attached hydrogens (tertiary/aromatic N) is 5. The van der Waals surface area contributed by atoms with Gasteiger partial charge in [0.2, 0.25) is 0 Å². The predicted octanol–water partition coefficient (Wildman–Crippen LogP) is 12.3. The number of thiazole rings is 1. The Morgan fingerprint density at radius 3 is 1.67 bits per heavy atom. The third-order valence-corrected chi connectivity index (χ3v) is 12.1. The van der Waals surface area contributed by atoms with Crippen molar-refractivity contribution in [2.75, 3.05) is 0 Å². The van der Waals surface area contributed by atoms with Gasteiger partial charge in [-0.15, -0.1) is 22.7 Å². The topological polar surface area (TPSA) is 48.5 Å². The molecule has 0 radical (unpaired) electrons. The van der Waals surface area contributed by atoms with Crippen LogP contribution in [-0.2, 0) is 0 Å². The second-order valence-electron chi connectivity index (χ2n) is 12.9. The van der Waals surface area contributed by atoms with Gasteiger partial charge >= 0.3 is 0 Å². The summed E-state index contributed by atoms with van der Waals surface area (Å²) in [5.41, 5.74) is 10.1. The quantitative estimate of drug-likeness (QED) is 0.179. The van der Waals surface area contributed by atoms with Crippen molar-refractivity contribution in [3.05, 3.63) is 164 Å². The van der Waals surface area contributed by atoms with E-state index in [9.17, 15) is 0 Å². The largest absolute Gasteiger partial charge is 0.292 e. The van der Waals surface area contributed by atoms with Gasteiger partial charge in [-0.25, -0.2) is 15.0 Å². The summed E-state index contributed by atoms with van der Waals surface area (Å²) in [5.74, 6) is 1.74. The third kappa shape index (κ3) is 4.50. The van der Waals surface area contributed by atoms with E-state index in [4.69, 9.17) is 15.0 Å². The summed E-state index contributed by atoms with van der Waals surface area (Å²) in [4.78, 5) is 16.1. The van der Waals surface area contributed by atoms with Crippen molar-refractivity contribution in [2.24, 2.45) is 0 Å². The van der Waals surface area contributed by atoms with Crippen LogP contribution in [0, 0.1) is 0 Å². The van der Waals surface area contributed by atoms with Gasteiger partial charge in [-0.05, 0) is 78.9 Å². The Balaban J connectivity index is 1.22. The van der Waals surface area contributed by atoms with Crippen LogP contribution >= 0.6 is 22.7 Å². The molecule has 0 spiro atoms. The SMILES string of the molecule is c1ccc(-n2c(-c3ccc(-c4nc5ccccc5n4-c4ccccc4)c4sc(-c5ccc6sc7ccccc7c6c5)nc34)nc3ccccc32)cc1. The number of hydrogen-bond acceptors (Lipinski definition) is 5. The predicted molar refractivity (Wildman–Crippen MR) is 218 cm³/mol. The molecule has 0 unspecified atom stereocenters. The smallest absolute Gasteiger partial charge is 0.147 e. The number of thiophene rings is 1. The molecule has 0 atom stereocenters. The van der Waals surface area contributed by atoms with Crippen molar-refractivity contribution in [3.8, 4) is 44.7 Å². The van der Waals surface area contributed by atoms with Crippen LogP contribution in [0.3, 0.4) is 0 Å². The molecule has 0 aliphatic rings. The number of para-hydroxylation sites is 6. The average molecular weight is 702 g/mol. The number of benzene rings is 7. The zero-order valence-electron chi connectivity index (χ0n) is 27.6. The third-order valence-electron chi connectivity index (χ3n) is 9.80. The Bertz CT molecular complexity index is 2980. The van der Waals surface area contributed by atoms with E-state index in [1.54, 1.807) is 11.3 Å². The Hall–Kier alpha value is -6.41. The van der Waals surface area contributed by atoms with Gasteiger partial charge in [0, 0.05) is 48.2 Å². The molecule has 0 N–H and O–H groups in total. The highest BCUT2D eigenvalue weighted by atomic mass is 32.1. The fraction of sp³-hybridized carbons (Fsp3) is 0. The summed E-state index contributed by atoms with van der Waals surface area (Å²) in [6.07, 6.45) is 0. The summed E-state index contributed by atoms with van der Waals surface area (Å²) in [6, 6.07) is 57.5. The lowest BCUT2D eigenvalue weighted by Crippen LogP contribution is -1.99. The minimum atomic E-state index is 0.858. The van der Waals surface area contributed by atoms with Crippen LogP contribution in [0.5, 0.6) is 0 Å². The van der Waals surface area contributed by atoms with Crippen LogP contribution in [0.1, 0.15) is 0 Å². The van der Waals surface area contributed by atoms with E-state index in [-0.39, 0.29) is 0 Å². The molecule has 0 fully saturated rings. The first-order valence-corrected chi connectivity index (χ1v) is 18.8. The molecule has 0 saturated carbocycles. The number of rotatable bonds is 5.